The average Bonchev–Trinajstić information content (AvgIpc) is 3.38. The molecule has 0 radical (unpaired) electrons. The second-order valence-electron chi connectivity index (χ2n) is 6.64. The predicted octanol–water partition coefficient (Wildman–Crippen LogP) is 2.44. The Morgan fingerprint density at radius 1 is 1.22 bits per heavy atom. The van der Waals surface area contributed by atoms with Gasteiger partial charge in [-0.1, -0.05) is 0 Å². The Hall–Kier alpha value is -3.53. The van der Waals surface area contributed by atoms with E-state index in [2.05, 4.69) is 26.2 Å². The van der Waals surface area contributed by atoms with Gasteiger partial charge in [-0.25, -0.2) is 4.98 Å². The molecular formula is C20H18N6O. The van der Waals surface area contributed by atoms with Crippen LogP contribution in [0.2, 0.25) is 0 Å². The van der Waals surface area contributed by atoms with Crippen molar-refractivity contribution in [3.05, 3.63) is 65.7 Å². The normalized spacial score (nSPS) is 16.3. The molecule has 2 aromatic heterocycles. The number of amides is 1. The minimum Gasteiger partial charge on any atom is -0.338 e. The summed E-state index contributed by atoms with van der Waals surface area (Å²) in [6.45, 7) is 1.43. The van der Waals surface area contributed by atoms with Gasteiger partial charge in [0, 0.05) is 43.0 Å². The number of likely N-dealkylation sites (tertiary alicyclic amines) is 1. The van der Waals surface area contributed by atoms with Crippen molar-refractivity contribution in [1.29, 1.82) is 5.26 Å². The number of carbonyl (C=O) groups excluding carboxylic acids is 1. The lowest BCUT2D eigenvalue weighted by molar-refractivity contribution is 0.0787. The topological polar surface area (TPSA) is 98.6 Å². The zero-order chi connectivity index (χ0) is 18.6. The van der Waals surface area contributed by atoms with E-state index in [4.69, 9.17) is 5.26 Å². The molecule has 134 valence electrons. The molecule has 7 heteroatoms. The predicted molar refractivity (Wildman–Crippen MR) is 98.5 cm³/mol. The first-order chi connectivity index (χ1) is 13.2. The van der Waals surface area contributed by atoms with Gasteiger partial charge in [-0.15, -0.1) is 0 Å². The summed E-state index contributed by atoms with van der Waals surface area (Å²) in [6.07, 6.45) is 5.13. The van der Waals surface area contributed by atoms with Crippen molar-refractivity contribution < 1.29 is 4.79 Å². The molecule has 1 N–H and O–H groups in total. The highest BCUT2D eigenvalue weighted by molar-refractivity contribution is 5.94. The summed E-state index contributed by atoms with van der Waals surface area (Å²) in [5.74, 6) is 1.86. The number of hydrogen-bond donors (Lipinski definition) is 1. The van der Waals surface area contributed by atoms with E-state index in [9.17, 15) is 4.79 Å². The zero-order valence-electron chi connectivity index (χ0n) is 14.7. The van der Waals surface area contributed by atoms with E-state index in [0.29, 0.717) is 29.4 Å². The number of benzene rings is 1. The van der Waals surface area contributed by atoms with Gasteiger partial charge < -0.3 is 4.90 Å². The Morgan fingerprint density at radius 3 is 2.74 bits per heavy atom. The van der Waals surface area contributed by atoms with Crippen LogP contribution in [0, 0.1) is 17.2 Å². The molecule has 1 amide bonds. The number of H-pyrrole nitrogens is 1. The molecule has 0 bridgehead atoms. The highest BCUT2D eigenvalue weighted by atomic mass is 16.2. The minimum absolute atomic E-state index is 0.0111. The van der Waals surface area contributed by atoms with Crippen LogP contribution >= 0.6 is 0 Å². The second-order valence-corrected chi connectivity index (χ2v) is 6.64. The quantitative estimate of drug-likeness (QED) is 0.772. The molecule has 1 aromatic carbocycles. The summed E-state index contributed by atoms with van der Waals surface area (Å²) in [5.41, 5.74) is 2.10. The molecular weight excluding hydrogens is 340 g/mol. The molecule has 1 fully saturated rings. The summed E-state index contributed by atoms with van der Waals surface area (Å²) in [7, 11) is 0. The van der Waals surface area contributed by atoms with Crippen molar-refractivity contribution in [1.82, 2.24) is 25.1 Å². The van der Waals surface area contributed by atoms with E-state index in [1.807, 2.05) is 17.0 Å². The molecule has 1 aliphatic heterocycles. The number of aromatic amines is 1. The second kappa shape index (κ2) is 7.38. The Labute approximate surface area is 156 Å². The molecule has 1 aliphatic rings. The smallest absolute Gasteiger partial charge is 0.253 e. The summed E-state index contributed by atoms with van der Waals surface area (Å²) in [6, 6.07) is 12.6. The van der Waals surface area contributed by atoms with E-state index in [0.717, 1.165) is 30.8 Å². The van der Waals surface area contributed by atoms with Crippen molar-refractivity contribution in [2.75, 3.05) is 13.1 Å². The van der Waals surface area contributed by atoms with E-state index in [-0.39, 0.29) is 5.91 Å². The number of hydrogen-bond acceptors (Lipinski definition) is 5. The summed E-state index contributed by atoms with van der Waals surface area (Å²) < 4.78 is 0. The Kier molecular flexibility index (Phi) is 4.62. The maximum absolute atomic E-state index is 12.6. The third-order valence-electron chi connectivity index (χ3n) is 4.79. The summed E-state index contributed by atoms with van der Waals surface area (Å²) in [4.78, 5) is 23.1. The van der Waals surface area contributed by atoms with Gasteiger partial charge in [0.05, 0.1) is 11.6 Å². The van der Waals surface area contributed by atoms with Crippen LogP contribution in [0.4, 0.5) is 0 Å². The molecule has 7 nitrogen and oxygen atoms in total. The van der Waals surface area contributed by atoms with Crippen LogP contribution in [-0.2, 0) is 6.42 Å². The van der Waals surface area contributed by atoms with Crippen LogP contribution < -0.4 is 0 Å². The first-order valence-electron chi connectivity index (χ1n) is 8.84. The lowest BCUT2D eigenvalue weighted by Gasteiger charge is -2.16. The fourth-order valence-corrected chi connectivity index (χ4v) is 3.34. The van der Waals surface area contributed by atoms with Gasteiger partial charge in [0.25, 0.3) is 5.91 Å². The van der Waals surface area contributed by atoms with Crippen molar-refractivity contribution in [3.63, 3.8) is 0 Å². The van der Waals surface area contributed by atoms with Crippen molar-refractivity contribution >= 4 is 5.91 Å². The number of nitrogens with zero attached hydrogens (tertiary/aromatic N) is 5. The van der Waals surface area contributed by atoms with Gasteiger partial charge in [-0.3, -0.25) is 14.9 Å². The lowest BCUT2D eigenvalue weighted by atomic mass is 10.0. The first-order valence-corrected chi connectivity index (χ1v) is 8.84. The number of nitrogens with one attached hydrogen (secondary N) is 1. The Morgan fingerprint density at radius 2 is 2.00 bits per heavy atom. The van der Waals surface area contributed by atoms with Gasteiger partial charge in [0.1, 0.15) is 5.82 Å². The van der Waals surface area contributed by atoms with Gasteiger partial charge in [-0.2, -0.15) is 10.4 Å². The zero-order valence-corrected chi connectivity index (χ0v) is 14.7. The molecule has 3 aromatic rings. The Bertz CT molecular complexity index is 974. The molecule has 4 rings (SSSR count). The molecule has 1 unspecified atom stereocenters. The van der Waals surface area contributed by atoms with Gasteiger partial charge in [0.15, 0.2) is 5.82 Å². The SMILES string of the molecule is N#Cc1ccc(C(=O)N2CCC(Cc3nc(-c4ccncc4)n[nH]3)C2)cc1. The average molecular weight is 358 g/mol. The maximum atomic E-state index is 12.6. The van der Waals surface area contributed by atoms with Crippen molar-refractivity contribution in [2.45, 2.75) is 12.8 Å². The number of pyridine rings is 1. The van der Waals surface area contributed by atoms with Crippen molar-refractivity contribution in [3.8, 4) is 17.5 Å². The van der Waals surface area contributed by atoms with Crippen LogP contribution in [0.1, 0.15) is 28.2 Å². The molecule has 1 saturated heterocycles. The molecule has 1 atom stereocenters. The number of nitriles is 1. The van der Waals surface area contributed by atoms with Gasteiger partial charge >= 0.3 is 0 Å². The highest BCUT2D eigenvalue weighted by Gasteiger charge is 2.27. The van der Waals surface area contributed by atoms with Crippen LogP contribution in [-0.4, -0.2) is 44.1 Å². The minimum atomic E-state index is 0.0111. The van der Waals surface area contributed by atoms with E-state index in [1.54, 1.807) is 36.7 Å². The fourth-order valence-electron chi connectivity index (χ4n) is 3.34. The van der Waals surface area contributed by atoms with Gasteiger partial charge in [-0.05, 0) is 48.7 Å². The first kappa shape index (κ1) is 16.9. The Balaban J connectivity index is 1.38. The third-order valence-corrected chi connectivity index (χ3v) is 4.79. The van der Waals surface area contributed by atoms with Crippen LogP contribution in [0.25, 0.3) is 11.4 Å². The molecule has 0 spiro atoms. The summed E-state index contributed by atoms with van der Waals surface area (Å²) >= 11 is 0. The van der Waals surface area contributed by atoms with Crippen LogP contribution in [0.5, 0.6) is 0 Å². The number of rotatable bonds is 4. The molecule has 27 heavy (non-hydrogen) atoms. The monoisotopic (exact) mass is 358 g/mol. The maximum Gasteiger partial charge on any atom is 0.253 e. The molecule has 3 heterocycles. The molecule has 0 saturated carbocycles. The standard InChI is InChI=1S/C20H18N6O/c21-12-14-1-3-17(4-2-14)20(27)26-10-7-15(13-26)11-18-23-19(25-24-18)16-5-8-22-9-6-16/h1-6,8-9,15H,7,10-11,13H2,(H,23,24,25). The highest BCUT2D eigenvalue weighted by Crippen LogP contribution is 2.22. The third kappa shape index (κ3) is 3.70. The van der Waals surface area contributed by atoms with Gasteiger partial charge in [0.2, 0.25) is 0 Å². The van der Waals surface area contributed by atoms with Crippen molar-refractivity contribution in [2.24, 2.45) is 5.92 Å². The van der Waals surface area contributed by atoms with E-state index in [1.165, 1.54) is 0 Å². The van der Waals surface area contributed by atoms with E-state index < -0.39 is 0 Å². The summed E-state index contributed by atoms with van der Waals surface area (Å²) in [5, 5.41) is 16.1. The number of carbonyl (C=O) groups is 1. The van der Waals surface area contributed by atoms with E-state index >= 15 is 0 Å². The largest absolute Gasteiger partial charge is 0.338 e. The fraction of sp³-hybridized carbons (Fsp3) is 0.250. The number of aromatic nitrogens is 4. The van der Waals surface area contributed by atoms with Crippen LogP contribution in [0.15, 0.2) is 48.8 Å². The lowest BCUT2D eigenvalue weighted by Crippen LogP contribution is -2.29. The molecule has 0 aliphatic carbocycles. The van der Waals surface area contributed by atoms with Crippen LogP contribution in [0.3, 0.4) is 0 Å².